The van der Waals surface area contributed by atoms with Crippen molar-refractivity contribution in [3.8, 4) is 0 Å². The molecule has 0 unspecified atom stereocenters. The molecule has 0 spiro atoms. The van der Waals surface area contributed by atoms with E-state index in [-0.39, 0.29) is 11.0 Å². The molecule has 3 heteroatoms. The van der Waals surface area contributed by atoms with Crippen LogP contribution < -0.4 is 5.32 Å². The predicted octanol–water partition coefficient (Wildman–Crippen LogP) is 2.86. The fourth-order valence-electron chi connectivity index (χ4n) is 2.30. The molecule has 1 rings (SSSR count). The summed E-state index contributed by atoms with van der Waals surface area (Å²) >= 11 is 0. The zero-order valence-electron chi connectivity index (χ0n) is 13.2. The van der Waals surface area contributed by atoms with Crippen molar-refractivity contribution < 1.29 is 4.74 Å². The third-order valence-electron chi connectivity index (χ3n) is 3.03. The van der Waals surface area contributed by atoms with E-state index in [2.05, 4.69) is 51.8 Å². The minimum atomic E-state index is 0.232. The highest BCUT2D eigenvalue weighted by Gasteiger charge is 2.23. The molecule has 1 aliphatic rings. The molecule has 0 aromatic rings. The molecule has 108 valence electrons. The number of nitrogens with zero attached hydrogens (tertiary/aromatic N) is 1. The third-order valence-corrected chi connectivity index (χ3v) is 3.03. The number of hydrogen-bond donors (Lipinski definition) is 1. The van der Waals surface area contributed by atoms with E-state index >= 15 is 0 Å². The molecule has 0 amide bonds. The summed E-state index contributed by atoms with van der Waals surface area (Å²) in [5, 5.41) is 3.69. The van der Waals surface area contributed by atoms with E-state index in [9.17, 15) is 0 Å². The lowest BCUT2D eigenvalue weighted by molar-refractivity contribution is -0.0157. The Labute approximate surface area is 113 Å². The van der Waals surface area contributed by atoms with E-state index in [0.29, 0.717) is 6.04 Å². The van der Waals surface area contributed by atoms with Gasteiger partial charge in [0.1, 0.15) is 0 Å². The van der Waals surface area contributed by atoms with Crippen molar-refractivity contribution in [1.82, 2.24) is 10.2 Å². The van der Waals surface area contributed by atoms with E-state index in [1.165, 1.54) is 12.8 Å². The topological polar surface area (TPSA) is 24.5 Å². The van der Waals surface area contributed by atoms with Gasteiger partial charge >= 0.3 is 0 Å². The number of rotatable bonds is 4. The summed E-state index contributed by atoms with van der Waals surface area (Å²) < 4.78 is 5.78. The van der Waals surface area contributed by atoms with Gasteiger partial charge in [0.15, 0.2) is 0 Å². The fourth-order valence-corrected chi connectivity index (χ4v) is 2.30. The molecular formula is C15H32N2O. The van der Waals surface area contributed by atoms with Crippen molar-refractivity contribution in [2.45, 2.75) is 66.0 Å². The highest BCUT2D eigenvalue weighted by molar-refractivity contribution is 4.82. The van der Waals surface area contributed by atoms with Gasteiger partial charge in [0.2, 0.25) is 0 Å². The third kappa shape index (κ3) is 7.34. The average molecular weight is 256 g/mol. The smallest absolute Gasteiger partial charge is 0.0990 e. The largest absolute Gasteiger partial charge is 0.366 e. The lowest BCUT2D eigenvalue weighted by atomic mass is 9.99. The van der Waals surface area contributed by atoms with Gasteiger partial charge in [0.05, 0.1) is 13.3 Å². The Morgan fingerprint density at radius 2 is 1.61 bits per heavy atom. The number of nitrogens with one attached hydrogen (secondary N) is 1. The van der Waals surface area contributed by atoms with Gasteiger partial charge in [-0.05, 0) is 39.0 Å². The molecule has 1 N–H and O–H groups in total. The van der Waals surface area contributed by atoms with Crippen molar-refractivity contribution in [1.29, 1.82) is 0 Å². The van der Waals surface area contributed by atoms with Crippen molar-refractivity contribution in [3.05, 3.63) is 0 Å². The molecule has 1 fully saturated rings. The summed E-state index contributed by atoms with van der Waals surface area (Å²) in [7, 11) is 0. The van der Waals surface area contributed by atoms with Gasteiger partial charge < -0.3 is 10.1 Å². The second kappa shape index (κ2) is 6.36. The van der Waals surface area contributed by atoms with Gasteiger partial charge in [-0.3, -0.25) is 4.90 Å². The highest BCUT2D eigenvalue weighted by Crippen LogP contribution is 2.16. The van der Waals surface area contributed by atoms with Crippen LogP contribution in [0.25, 0.3) is 0 Å². The molecule has 0 atom stereocenters. The molecule has 0 aromatic heterocycles. The molecule has 0 aliphatic carbocycles. The minimum Gasteiger partial charge on any atom is -0.366 e. The number of hydrogen-bond acceptors (Lipinski definition) is 3. The Kier molecular flexibility index (Phi) is 5.63. The van der Waals surface area contributed by atoms with Crippen LogP contribution in [0.2, 0.25) is 0 Å². The SMILES string of the molecule is CC(C)(C)COCN1CCC(NC(C)(C)C)CC1. The number of ether oxygens (including phenoxy) is 1. The summed E-state index contributed by atoms with van der Waals surface area (Å²) in [5.74, 6) is 0. The molecule has 1 heterocycles. The Morgan fingerprint density at radius 1 is 1.06 bits per heavy atom. The van der Waals surface area contributed by atoms with Gasteiger partial charge in [-0.1, -0.05) is 20.8 Å². The van der Waals surface area contributed by atoms with Crippen LogP contribution >= 0.6 is 0 Å². The standard InChI is InChI=1S/C15H32N2O/c1-14(2,3)11-18-12-17-9-7-13(8-10-17)16-15(4,5)6/h13,16H,7-12H2,1-6H3. The summed E-state index contributed by atoms with van der Waals surface area (Å²) in [5.41, 5.74) is 0.502. The van der Waals surface area contributed by atoms with E-state index in [1.54, 1.807) is 0 Å². The van der Waals surface area contributed by atoms with E-state index in [4.69, 9.17) is 4.74 Å². The van der Waals surface area contributed by atoms with Crippen molar-refractivity contribution in [2.24, 2.45) is 5.41 Å². The van der Waals surface area contributed by atoms with Crippen LogP contribution in [-0.4, -0.2) is 42.9 Å². The maximum Gasteiger partial charge on any atom is 0.0990 e. The van der Waals surface area contributed by atoms with Gasteiger partial charge in [0, 0.05) is 24.7 Å². The van der Waals surface area contributed by atoms with Crippen LogP contribution in [0.5, 0.6) is 0 Å². The van der Waals surface area contributed by atoms with Crippen molar-refractivity contribution in [3.63, 3.8) is 0 Å². The van der Waals surface area contributed by atoms with Crippen LogP contribution in [0.4, 0.5) is 0 Å². The molecule has 0 aromatic carbocycles. The van der Waals surface area contributed by atoms with E-state index < -0.39 is 0 Å². The average Bonchev–Trinajstić information content (AvgIpc) is 2.16. The van der Waals surface area contributed by atoms with Gasteiger partial charge in [0.25, 0.3) is 0 Å². The van der Waals surface area contributed by atoms with Crippen LogP contribution in [0.15, 0.2) is 0 Å². The molecular weight excluding hydrogens is 224 g/mol. The predicted molar refractivity (Wildman–Crippen MR) is 77.8 cm³/mol. The van der Waals surface area contributed by atoms with Crippen molar-refractivity contribution in [2.75, 3.05) is 26.4 Å². The van der Waals surface area contributed by atoms with Crippen LogP contribution in [-0.2, 0) is 4.74 Å². The Morgan fingerprint density at radius 3 is 2.06 bits per heavy atom. The Bertz CT molecular complexity index is 232. The second-order valence-corrected chi connectivity index (χ2v) is 7.82. The van der Waals surface area contributed by atoms with Gasteiger partial charge in [-0.15, -0.1) is 0 Å². The van der Waals surface area contributed by atoms with Crippen LogP contribution in [0.3, 0.4) is 0 Å². The lowest BCUT2D eigenvalue weighted by Crippen LogP contribution is -2.49. The first kappa shape index (κ1) is 15.9. The minimum absolute atomic E-state index is 0.232. The maximum atomic E-state index is 5.78. The van der Waals surface area contributed by atoms with Crippen LogP contribution in [0, 0.1) is 5.41 Å². The zero-order valence-corrected chi connectivity index (χ0v) is 13.2. The lowest BCUT2D eigenvalue weighted by Gasteiger charge is -2.36. The fraction of sp³-hybridized carbons (Fsp3) is 1.00. The molecule has 1 aliphatic heterocycles. The van der Waals surface area contributed by atoms with Gasteiger partial charge in [-0.25, -0.2) is 0 Å². The van der Waals surface area contributed by atoms with Crippen molar-refractivity contribution >= 4 is 0 Å². The van der Waals surface area contributed by atoms with E-state index in [1.807, 2.05) is 0 Å². The summed E-state index contributed by atoms with van der Waals surface area (Å²) in [6.07, 6.45) is 2.46. The first-order valence-corrected chi connectivity index (χ1v) is 7.23. The molecule has 1 saturated heterocycles. The first-order valence-electron chi connectivity index (χ1n) is 7.23. The summed E-state index contributed by atoms with van der Waals surface area (Å²) in [4.78, 5) is 2.42. The molecule has 0 saturated carbocycles. The monoisotopic (exact) mass is 256 g/mol. The molecule has 0 radical (unpaired) electrons. The van der Waals surface area contributed by atoms with Gasteiger partial charge in [-0.2, -0.15) is 0 Å². The first-order chi connectivity index (χ1) is 8.16. The molecule has 3 nitrogen and oxygen atoms in total. The Balaban J connectivity index is 2.16. The zero-order chi connectivity index (χ0) is 13.8. The molecule has 18 heavy (non-hydrogen) atoms. The number of piperidine rings is 1. The van der Waals surface area contributed by atoms with E-state index in [0.717, 1.165) is 26.4 Å². The summed E-state index contributed by atoms with van der Waals surface area (Å²) in [6, 6.07) is 0.670. The maximum absolute atomic E-state index is 5.78. The summed E-state index contributed by atoms with van der Waals surface area (Å²) in [6.45, 7) is 17.3. The Hall–Kier alpha value is -0.120. The van der Waals surface area contributed by atoms with Crippen LogP contribution in [0.1, 0.15) is 54.4 Å². The second-order valence-electron chi connectivity index (χ2n) is 7.82. The normalized spacial score (nSPS) is 20.3. The quantitative estimate of drug-likeness (QED) is 0.837. The highest BCUT2D eigenvalue weighted by atomic mass is 16.5. The molecule has 0 bridgehead atoms. The number of likely N-dealkylation sites (tertiary alicyclic amines) is 1.